The van der Waals surface area contributed by atoms with E-state index < -0.39 is 17.8 Å². The first-order valence-electron chi connectivity index (χ1n) is 9.66. The molecular formula is C24H20ClFN2O3. The average Bonchev–Trinajstić information content (AvgIpc) is 3.24. The van der Waals surface area contributed by atoms with Gasteiger partial charge in [-0.3, -0.25) is 4.79 Å². The Morgan fingerprint density at radius 3 is 2.52 bits per heavy atom. The van der Waals surface area contributed by atoms with Crippen molar-refractivity contribution < 1.29 is 18.7 Å². The zero-order valence-electron chi connectivity index (χ0n) is 17.0. The van der Waals surface area contributed by atoms with Crippen LogP contribution in [-0.4, -0.2) is 30.8 Å². The Kier molecular flexibility index (Phi) is 5.91. The highest BCUT2D eigenvalue weighted by Gasteiger charge is 2.36. The normalized spacial score (nSPS) is 15.5. The van der Waals surface area contributed by atoms with Crippen LogP contribution in [0.15, 0.2) is 71.8 Å². The number of carbonyl (C=O) groups excluding carboxylic acids is 1. The summed E-state index contributed by atoms with van der Waals surface area (Å²) >= 11 is 6.26. The fourth-order valence-corrected chi connectivity index (χ4v) is 3.86. The number of halogens is 2. The van der Waals surface area contributed by atoms with Crippen LogP contribution in [0.25, 0.3) is 0 Å². The van der Waals surface area contributed by atoms with Gasteiger partial charge in [-0.1, -0.05) is 41.9 Å². The molecule has 0 spiro atoms. The maximum absolute atomic E-state index is 14.7. The highest BCUT2D eigenvalue weighted by atomic mass is 35.5. The number of ether oxygens (including phenoxy) is 2. The summed E-state index contributed by atoms with van der Waals surface area (Å²) in [6, 6.07) is 17.8. The summed E-state index contributed by atoms with van der Waals surface area (Å²) < 4.78 is 25.5. The molecule has 4 rings (SSSR count). The van der Waals surface area contributed by atoms with E-state index in [-0.39, 0.29) is 0 Å². The van der Waals surface area contributed by atoms with Crippen LogP contribution >= 0.6 is 11.6 Å². The van der Waals surface area contributed by atoms with Gasteiger partial charge in [-0.15, -0.1) is 0 Å². The molecule has 0 saturated carbocycles. The summed E-state index contributed by atoms with van der Waals surface area (Å²) in [5.41, 5.74) is 1.94. The number of hydrazone groups is 1. The van der Waals surface area contributed by atoms with Crippen molar-refractivity contribution in [3.05, 3.63) is 94.3 Å². The third-order valence-electron chi connectivity index (χ3n) is 5.20. The largest absolute Gasteiger partial charge is 0.497 e. The van der Waals surface area contributed by atoms with Crippen molar-refractivity contribution in [1.29, 1.82) is 0 Å². The van der Waals surface area contributed by atoms with Gasteiger partial charge >= 0.3 is 0 Å². The quantitative estimate of drug-likeness (QED) is 0.529. The Balaban J connectivity index is 1.82. The number of nitrogens with zero attached hydrogens (tertiary/aromatic N) is 2. The Morgan fingerprint density at radius 1 is 1.06 bits per heavy atom. The fourth-order valence-electron chi connectivity index (χ4n) is 3.65. The molecule has 0 radical (unpaired) electrons. The van der Waals surface area contributed by atoms with E-state index in [0.717, 1.165) is 0 Å². The van der Waals surface area contributed by atoms with Gasteiger partial charge in [0, 0.05) is 17.5 Å². The number of rotatable bonds is 5. The lowest BCUT2D eigenvalue weighted by Crippen LogP contribution is -2.27. The van der Waals surface area contributed by atoms with Gasteiger partial charge in [-0.25, -0.2) is 9.40 Å². The van der Waals surface area contributed by atoms with Gasteiger partial charge in [0.15, 0.2) is 0 Å². The molecule has 5 nitrogen and oxygen atoms in total. The molecule has 1 aliphatic rings. The number of hydrogen-bond donors (Lipinski definition) is 0. The molecule has 0 fully saturated rings. The molecular weight excluding hydrogens is 419 g/mol. The van der Waals surface area contributed by atoms with E-state index >= 15 is 0 Å². The van der Waals surface area contributed by atoms with Crippen molar-refractivity contribution in [2.45, 2.75) is 12.5 Å². The van der Waals surface area contributed by atoms with Crippen molar-refractivity contribution >= 4 is 23.2 Å². The van der Waals surface area contributed by atoms with Crippen molar-refractivity contribution in [2.75, 3.05) is 14.2 Å². The summed E-state index contributed by atoms with van der Waals surface area (Å²) in [6.07, 6.45) is 0.306. The summed E-state index contributed by atoms with van der Waals surface area (Å²) in [5, 5.41) is 6.21. The van der Waals surface area contributed by atoms with E-state index in [2.05, 4.69) is 5.10 Å². The fraction of sp³-hybridized carbons (Fsp3) is 0.167. The second kappa shape index (κ2) is 8.78. The predicted molar refractivity (Wildman–Crippen MR) is 117 cm³/mol. The molecule has 1 unspecified atom stereocenters. The van der Waals surface area contributed by atoms with Crippen LogP contribution in [0, 0.1) is 5.82 Å². The number of hydrogen-bond acceptors (Lipinski definition) is 4. The smallest absolute Gasteiger partial charge is 0.276 e. The van der Waals surface area contributed by atoms with Crippen LogP contribution in [0.3, 0.4) is 0 Å². The highest BCUT2D eigenvalue weighted by Crippen LogP contribution is 2.38. The molecule has 3 aromatic carbocycles. The minimum atomic E-state index is -0.629. The molecule has 7 heteroatoms. The predicted octanol–water partition coefficient (Wildman–Crippen LogP) is 5.49. The van der Waals surface area contributed by atoms with Gasteiger partial charge in [-0.2, -0.15) is 5.10 Å². The molecule has 0 aromatic heterocycles. The van der Waals surface area contributed by atoms with Crippen LogP contribution in [0.1, 0.15) is 33.9 Å². The van der Waals surface area contributed by atoms with E-state index in [1.165, 1.54) is 11.1 Å². The van der Waals surface area contributed by atoms with Crippen LogP contribution < -0.4 is 9.47 Å². The van der Waals surface area contributed by atoms with E-state index in [4.69, 9.17) is 21.1 Å². The van der Waals surface area contributed by atoms with Gasteiger partial charge in [-0.05, 0) is 36.4 Å². The molecule has 158 valence electrons. The Bertz CT molecular complexity index is 1170. The molecule has 0 N–H and O–H groups in total. The number of amides is 1. The second-order valence-corrected chi connectivity index (χ2v) is 7.39. The Morgan fingerprint density at radius 2 is 1.81 bits per heavy atom. The summed E-state index contributed by atoms with van der Waals surface area (Å²) in [6.45, 7) is 0. The Hall–Kier alpha value is -3.38. The molecule has 0 saturated heterocycles. The van der Waals surface area contributed by atoms with Gasteiger partial charge < -0.3 is 9.47 Å². The first kappa shape index (κ1) is 20.9. The lowest BCUT2D eigenvalue weighted by atomic mass is 9.97. The first-order chi connectivity index (χ1) is 15.0. The van der Waals surface area contributed by atoms with E-state index in [0.29, 0.717) is 45.3 Å². The maximum atomic E-state index is 14.7. The molecule has 1 aliphatic heterocycles. The Labute approximate surface area is 184 Å². The second-order valence-electron chi connectivity index (χ2n) is 6.98. The number of methoxy groups -OCH3 is 2. The first-order valence-corrected chi connectivity index (χ1v) is 10.0. The zero-order chi connectivity index (χ0) is 22.0. The van der Waals surface area contributed by atoms with E-state index in [1.807, 2.05) is 0 Å². The average molecular weight is 439 g/mol. The van der Waals surface area contributed by atoms with Crippen molar-refractivity contribution in [2.24, 2.45) is 5.10 Å². The van der Waals surface area contributed by atoms with E-state index in [1.54, 1.807) is 74.9 Å². The number of carbonyl (C=O) groups is 1. The lowest BCUT2D eigenvalue weighted by Gasteiger charge is -2.22. The van der Waals surface area contributed by atoms with Crippen molar-refractivity contribution in [3.8, 4) is 11.5 Å². The summed E-state index contributed by atoms with van der Waals surface area (Å²) in [7, 11) is 3.12. The topological polar surface area (TPSA) is 51.1 Å². The SMILES string of the molecule is COc1ccc(OC)c(C2=NN(C(=O)c3ccccc3Cl)C(c3ccccc3F)C2)c1. The minimum Gasteiger partial charge on any atom is -0.497 e. The molecule has 0 aliphatic carbocycles. The molecule has 3 aromatic rings. The molecule has 1 atom stereocenters. The highest BCUT2D eigenvalue weighted by molar-refractivity contribution is 6.33. The maximum Gasteiger partial charge on any atom is 0.276 e. The van der Waals surface area contributed by atoms with Gasteiger partial charge in [0.05, 0.1) is 36.6 Å². The molecule has 0 bridgehead atoms. The summed E-state index contributed by atoms with van der Waals surface area (Å²) in [4.78, 5) is 13.4. The molecule has 1 amide bonds. The van der Waals surface area contributed by atoms with Crippen LogP contribution in [0.2, 0.25) is 5.02 Å². The van der Waals surface area contributed by atoms with E-state index in [9.17, 15) is 9.18 Å². The van der Waals surface area contributed by atoms with Gasteiger partial charge in [0.2, 0.25) is 0 Å². The minimum absolute atomic E-state index is 0.299. The third kappa shape index (κ3) is 3.99. The standard InChI is InChI=1S/C24H20ClFN2O3/c1-30-15-11-12-23(31-2)18(13-15)21-14-22(17-8-4-6-10-20(17)26)28(27-21)24(29)16-7-3-5-9-19(16)25/h3-13,22H,14H2,1-2H3. The zero-order valence-corrected chi connectivity index (χ0v) is 17.8. The third-order valence-corrected chi connectivity index (χ3v) is 5.53. The molecule has 1 heterocycles. The monoisotopic (exact) mass is 438 g/mol. The lowest BCUT2D eigenvalue weighted by molar-refractivity contribution is 0.0709. The molecule has 31 heavy (non-hydrogen) atoms. The van der Waals surface area contributed by atoms with Crippen molar-refractivity contribution in [3.63, 3.8) is 0 Å². The van der Waals surface area contributed by atoms with Crippen LogP contribution in [-0.2, 0) is 0 Å². The van der Waals surface area contributed by atoms with Crippen molar-refractivity contribution in [1.82, 2.24) is 5.01 Å². The summed E-state index contributed by atoms with van der Waals surface area (Å²) in [5.74, 6) is 0.393. The number of benzene rings is 3. The van der Waals surface area contributed by atoms with Crippen LogP contribution in [0.5, 0.6) is 11.5 Å². The van der Waals surface area contributed by atoms with Gasteiger partial charge in [0.25, 0.3) is 5.91 Å². The van der Waals surface area contributed by atoms with Gasteiger partial charge in [0.1, 0.15) is 17.3 Å². The van der Waals surface area contributed by atoms with Crippen LogP contribution in [0.4, 0.5) is 4.39 Å².